The van der Waals surface area contributed by atoms with Crippen LogP contribution in [0, 0.1) is 0 Å². The lowest BCUT2D eigenvalue weighted by atomic mass is 10.00. The number of carbonyl (C=O) groups excluding carboxylic acids is 2. The third-order valence-electron chi connectivity index (χ3n) is 5.69. The highest BCUT2D eigenvalue weighted by Crippen LogP contribution is 2.23. The van der Waals surface area contributed by atoms with Crippen LogP contribution in [-0.2, 0) is 38.7 Å². The Bertz CT molecular complexity index is 743. The summed E-state index contributed by atoms with van der Waals surface area (Å²) < 4.78 is 52.7. The fourth-order valence-electron chi connectivity index (χ4n) is 3.61. The van der Waals surface area contributed by atoms with Crippen LogP contribution in [0.2, 0.25) is 0 Å². The van der Waals surface area contributed by atoms with E-state index in [1.54, 1.807) is 0 Å². The predicted molar refractivity (Wildman–Crippen MR) is 127 cm³/mol. The van der Waals surface area contributed by atoms with E-state index in [1.165, 1.54) is 0 Å². The summed E-state index contributed by atoms with van der Waals surface area (Å²) in [6.07, 6.45) is -2.20. The average molecular weight is 543 g/mol. The van der Waals surface area contributed by atoms with Crippen molar-refractivity contribution in [2.45, 2.75) is 115 Å². The first-order valence-electron chi connectivity index (χ1n) is 12.6. The quantitative estimate of drug-likeness (QED) is 0.110. The van der Waals surface area contributed by atoms with Gasteiger partial charge in [-0.15, -0.1) is 0 Å². The van der Waals surface area contributed by atoms with Gasteiger partial charge in [-0.25, -0.2) is 0 Å². The topological polar surface area (TPSA) is 186 Å². The molecular weight excluding hydrogens is 500 g/mol. The van der Waals surface area contributed by atoms with Gasteiger partial charge in [-0.1, -0.05) is 52.4 Å². The maximum atomic E-state index is 12.3. The molecule has 0 aromatic heterocycles. The molecule has 0 amide bonds. The Kier molecular flexibility index (Phi) is 15.6. The van der Waals surface area contributed by atoms with Crippen LogP contribution in [0.5, 0.6) is 0 Å². The molecule has 13 heteroatoms. The molecule has 1 fully saturated rings. The molecule has 1 saturated heterocycles. The molecule has 0 aliphatic carbocycles. The minimum Gasteiger partial charge on any atom is -0.462 e. The summed E-state index contributed by atoms with van der Waals surface area (Å²) in [6.45, 7) is 3.38. The van der Waals surface area contributed by atoms with Gasteiger partial charge in [0.15, 0.2) is 12.4 Å². The van der Waals surface area contributed by atoms with Crippen LogP contribution >= 0.6 is 0 Å². The van der Waals surface area contributed by atoms with Crippen LogP contribution in [-0.4, -0.2) is 96.0 Å². The molecule has 0 radical (unpaired) electrons. The lowest BCUT2D eigenvalue weighted by molar-refractivity contribution is -0.297. The SMILES string of the molecule is CCCCCCC(=O)OCC(CO[C@H]1O[C@H](CS(=O)(=O)O)[C@@H](O)[C@H](O)[C@H]1O)OC(=O)CCCCCC. The summed E-state index contributed by atoms with van der Waals surface area (Å²) in [5, 5.41) is 30.2. The summed E-state index contributed by atoms with van der Waals surface area (Å²) in [5.41, 5.74) is 0. The van der Waals surface area contributed by atoms with E-state index in [2.05, 4.69) is 6.92 Å². The number of esters is 2. The lowest BCUT2D eigenvalue weighted by Crippen LogP contribution is -2.60. The summed E-state index contributed by atoms with van der Waals surface area (Å²) in [4.78, 5) is 24.3. The maximum Gasteiger partial charge on any atom is 0.306 e. The smallest absolute Gasteiger partial charge is 0.306 e. The first-order chi connectivity index (χ1) is 17.0. The van der Waals surface area contributed by atoms with Crippen molar-refractivity contribution in [2.75, 3.05) is 19.0 Å². The van der Waals surface area contributed by atoms with E-state index >= 15 is 0 Å². The van der Waals surface area contributed by atoms with Crippen LogP contribution in [0.25, 0.3) is 0 Å². The Morgan fingerprint density at radius 3 is 1.97 bits per heavy atom. The molecule has 0 spiro atoms. The highest BCUT2D eigenvalue weighted by atomic mass is 32.2. The van der Waals surface area contributed by atoms with Crippen LogP contribution in [0.15, 0.2) is 0 Å². The van der Waals surface area contributed by atoms with Gasteiger partial charge in [0, 0.05) is 12.8 Å². The molecule has 212 valence electrons. The van der Waals surface area contributed by atoms with Gasteiger partial charge in [-0.2, -0.15) is 8.42 Å². The zero-order valence-corrected chi connectivity index (χ0v) is 21.9. The maximum absolute atomic E-state index is 12.3. The highest BCUT2D eigenvalue weighted by Gasteiger charge is 2.46. The largest absolute Gasteiger partial charge is 0.462 e. The summed E-state index contributed by atoms with van der Waals surface area (Å²) >= 11 is 0. The number of aliphatic hydroxyl groups excluding tert-OH is 3. The first kappa shape index (κ1) is 32.7. The third kappa shape index (κ3) is 13.3. The monoisotopic (exact) mass is 542 g/mol. The minimum absolute atomic E-state index is 0.158. The molecule has 1 unspecified atom stereocenters. The molecule has 12 nitrogen and oxygen atoms in total. The summed E-state index contributed by atoms with van der Waals surface area (Å²) in [6, 6.07) is 0. The van der Waals surface area contributed by atoms with E-state index in [4.69, 9.17) is 23.5 Å². The second-order valence-corrected chi connectivity index (χ2v) is 10.5. The lowest BCUT2D eigenvalue weighted by Gasteiger charge is -2.40. The molecule has 1 aliphatic heterocycles. The Labute approximate surface area is 213 Å². The Morgan fingerprint density at radius 2 is 1.42 bits per heavy atom. The van der Waals surface area contributed by atoms with Crippen molar-refractivity contribution in [3.8, 4) is 0 Å². The number of aliphatic hydroxyl groups is 3. The van der Waals surface area contributed by atoms with Crippen molar-refractivity contribution in [3.63, 3.8) is 0 Å². The molecule has 4 N–H and O–H groups in total. The molecule has 6 atom stereocenters. The van der Waals surface area contributed by atoms with Gasteiger partial charge in [0.1, 0.15) is 36.8 Å². The molecule has 0 aromatic rings. The molecule has 0 aromatic carbocycles. The fourth-order valence-corrected chi connectivity index (χ4v) is 4.30. The fraction of sp³-hybridized carbons (Fsp3) is 0.913. The molecular formula is C23H42O12S. The second-order valence-electron chi connectivity index (χ2n) is 9.01. The number of rotatable bonds is 18. The first-order valence-corrected chi connectivity index (χ1v) is 14.2. The Morgan fingerprint density at radius 1 is 0.833 bits per heavy atom. The van der Waals surface area contributed by atoms with Gasteiger partial charge in [0.05, 0.1) is 6.61 Å². The predicted octanol–water partition coefficient (Wildman–Crippen LogP) is 1.09. The number of unbranched alkanes of at least 4 members (excludes halogenated alkanes) is 6. The van der Waals surface area contributed by atoms with E-state index in [0.717, 1.165) is 38.5 Å². The van der Waals surface area contributed by atoms with E-state index in [9.17, 15) is 33.3 Å². The van der Waals surface area contributed by atoms with Gasteiger partial charge < -0.3 is 34.3 Å². The highest BCUT2D eigenvalue weighted by molar-refractivity contribution is 7.85. The van der Waals surface area contributed by atoms with E-state index in [1.807, 2.05) is 6.92 Å². The molecule has 0 bridgehead atoms. The summed E-state index contributed by atoms with van der Waals surface area (Å²) in [5.74, 6) is -2.02. The average Bonchev–Trinajstić information content (AvgIpc) is 2.81. The van der Waals surface area contributed by atoms with E-state index in [0.29, 0.717) is 12.8 Å². The van der Waals surface area contributed by atoms with Gasteiger partial charge in [0.2, 0.25) is 0 Å². The zero-order valence-electron chi connectivity index (χ0n) is 21.1. The van der Waals surface area contributed by atoms with Crippen LogP contribution < -0.4 is 0 Å². The van der Waals surface area contributed by atoms with Crippen LogP contribution in [0.3, 0.4) is 0 Å². The van der Waals surface area contributed by atoms with Crippen molar-refractivity contribution < 1.29 is 56.8 Å². The normalized spacial score (nSPS) is 25.3. The van der Waals surface area contributed by atoms with E-state index in [-0.39, 0.29) is 19.4 Å². The number of hydrogen-bond acceptors (Lipinski definition) is 11. The number of hydrogen-bond donors (Lipinski definition) is 4. The van der Waals surface area contributed by atoms with Crippen molar-refractivity contribution in [2.24, 2.45) is 0 Å². The van der Waals surface area contributed by atoms with E-state index < -0.39 is 71.2 Å². The van der Waals surface area contributed by atoms with Crippen molar-refractivity contribution in [1.29, 1.82) is 0 Å². The Balaban J connectivity index is 2.73. The molecule has 1 heterocycles. The molecule has 36 heavy (non-hydrogen) atoms. The molecule has 1 rings (SSSR count). The van der Waals surface area contributed by atoms with Gasteiger partial charge in [-0.05, 0) is 12.8 Å². The van der Waals surface area contributed by atoms with Gasteiger partial charge in [-0.3, -0.25) is 14.1 Å². The van der Waals surface area contributed by atoms with Crippen LogP contribution in [0.4, 0.5) is 0 Å². The number of carbonyl (C=O) groups is 2. The standard InChI is InChI=1S/C23H42O12S/c1-3-5-7-9-11-18(24)32-13-16(34-19(25)12-10-8-6-4-2)14-33-23-22(28)21(27)20(26)17(35-23)15-36(29,30)31/h16-17,20-23,26-28H,3-15H2,1-2H3,(H,29,30,31)/t16?,17-,20-,21+,22-,23+/m1/s1. The van der Waals surface area contributed by atoms with Crippen molar-refractivity contribution in [1.82, 2.24) is 0 Å². The van der Waals surface area contributed by atoms with Crippen LogP contribution in [0.1, 0.15) is 78.1 Å². The molecule has 1 aliphatic rings. The Hall–Kier alpha value is -1.35. The third-order valence-corrected chi connectivity index (χ3v) is 6.44. The van der Waals surface area contributed by atoms with Crippen molar-refractivity contribution >= 4 is 22.1 Å². The summed E-state index contributed by atoms with van der Waals surface area (Å²) in [7, 11) is -4.57. The second kappa shape index (κ2) is 17.2. The van der Waals surface area contributed by atoms with Gasteiger partial charge in [0.25, 0.3) is 10.1 Å². The van der Waals surface area contributed by atoms with Gasteiger partial charge >= 0.3 is 11.9 Å². The molecule has 0 saturated carbocycles. The minimum atomic E-state index is -4.57. The number of ether oxygens (including phenoxy) is 4. The zero-order chi connectivity index (χ0) is 27.1. The van der Waals surface area contributed by atoms with Crippen molar-refractivity contribution in [3.05, 3.63) is 0 Å².